The van der Waals surface area contributed by atoms with E-state index in [1.807, 2.05) is 0 Å². The molecule has 1 unspecified atom stereocenters. The van der Waals surface area contributed by atoms with Gasteiger partial charge in [0.25, 0.3) is 5.91 Å². The van der Waals surface area contributed by atoms with Gasteiger partial charge in [0.15, 0.2) is 0 Å². The summed E-state index contributed by atoms with van der Waals surface area (Å²) in [6, 6.07) is 2.40. The lowest BCUT2D eigenvalue weighted by Crippen LogP contribution is -2.44. The molecular formula is C20H22ClF2N3O. The summed E-state index contributed by atoms with van der Waals surface area (Å²) >= 11 is 5.66. The largest absolute Gasteiger partial charge is 0.338 e. The van der Waals surface area contributed by atoms with Gasteiger partial charge in [0.1, 0.15) is 17.3 Å². The number of hydrogen-bond donors (Lipinski definition) is 0. The fraction of sp³-hybridized carbons (Fsp3) is 0.450. The average Bonchev–Trinajstić information content (AvgIpc) is 2.81. The number of nitrogens with zero attached hydrogens (tertiary/aromatic N) is 3. The Hall–Kier alpha value is -2.08. The number of aryl methyl sites for hydroxylation is 2. The molecule has 0 radical (unpaired) electrons. The van der Waals surface area contributed by atoms with Crippen molar-refractivity contribution < 1.29 is 31.4 Å². The van der Waals surface area contributed by atoms with Crippen LogP contribution in [0.3, 0.4) is 0 Å². The molecule has 0 bridgehead atoms. The normalized spacial score (nSPS) is 34.2. The first-order valence-electron chi connectivity index (χ1n) is 14.1. The number of piperidine rings is 1. The predicted molar refractivity (Wildman–Crippen MR) is 100 cm³/mol. The molecule has 7 heteroatoms. The molecule has 27 heavy (non-hydrogen) atoms. The van der Waals surface area contributed by atoms with E-state index in [9.17, 15) is 9.18 Å². The Morgan fingerprint density at radius 1 is 1.44 bits per heavy atom. The quantitative estimate of drug-likeness (QED) is 0.732. The van der Waals surface area contributed by atoms with Crippen LogP contribution >= 0.6 is 11.6 Å². The van der Waals surface area contributed by atoms with Gasteiger partial charge in [-0.05, 0) is 56.2 Å². The highest BCUT2D eigenvalue weighted by Gasteiger charge is 2.35. The number of benzene rings is 1. The van der Waals surface area contributed by atoms with E-state index in [1.165, 1.54) is 0 Å². The zero-order valence-corrected chi connectivity index (χ0v) is 14.4. The molecule has 1 aliphatic heterocycles. The molecule has 1 aliphatic rings. The van der Waals surface area contributed by atoms with E-state index in [2.05, 4.69) is 9.97 Å². The molecule has 0 spiro atoms. The van der Waals surface area contributed by atoms with E-state index in [-0.39, 0.29) is 10.5 Å². The lowest BCUT2D eigenvalue weighted by atomic mass is 9.88. The summed E-state index contributed by atoms with van der Waals surface area (Å²) in [5.41, 5.74) is -5.28. The van der Waals surface area contributed by atoms with Gasteiger partial charge >= 0.3 is 0 Å². The van der Waals surface area contributed by atoms with E-state index < -0.39 is 85.6 Å². The van der Waals surface area contributed by atoms with Crippen LogP contribution in [-0.2, 0) is 6.37 Å². The lowest BCUT2D eigenvalue weighted by Gasteiger charge is -2.36. The second-order valence-corrected chi connectivity index (χ2v) is 5.83. The molecule has 1 amide bonds. The van der Waals surface area contributed by atoms with Gasteiger partial charge in [0.05, 0.1) is 5.02 Å². The third-order valence-electron chi connectivity index (χ3n) is 3.49. The fourth-order valence-electron chi connectivity index (χ4n) is 2.09. The highest BCUT2D eigenvalue weighted by Crippen LogP contribution is 2.32. The number of carbonyl (C=O) groups is 1. The molecule has 0 N–H and O–H groups in total. The summed E-state index contributed by atoms with van der Waals surface area (Å²) < 4.78 is 135. The fourth-order valence-corrected chi connectivity index (χ4v) is 2.28. The van der Waals surface area contributed by atoms with Crippen LogP contribution in [0.25, 0.3) is 0 Å². The first kappa shape index (κ1) is 8.95. The standard InChI is InChI=1S/C20H22ClF2N3O/c1-14-12-24-18(25-13-14)3-2-6-20(23)7-9-26(10-8-20)19(27)15-4-5-17(22)16(21)11-15/h4-5,11-13H,2-3,6-10H2,1H3/i1D3,3D2,6D2,7D2,8D2,9D2. The van der Waals surface area contributed by atoms with E-state index in [1.54, 1.807) is 0 Å². The second kappa shape index (κ2) is 8.30. The van der Waals surface area contributed by atoms with Crippen molar-refractivity contribution in [1.29, 1.82) is 0 Å². The Bertz CT molecular complexity index is 1310. The van der Waals surface area contributed by atoms with Crippen molar-refractivity contribution in [1.82, 2.24) is 14.9 Å². The zero-order valence-electron chi connectivity index (χ0n) is 26.7. The van der Waals surface area contributed by atoms with Crippen LogP contribution in [-0.4, -0.2) is 39.5 Å². The van der Waals surface area contributed by atoms with Gasteiger partial charge in [-0.15, -0.1) is 0 Å². The zero-order chi connectivity index (χ0) is 30.9. The van der Waals surface area contributed by atoms with Crippen LogP contribution in [0.4, 0.5) is 8.78 Å². The summed E-state index contributed by atoms with van der Waals surface area (Å²) in [6.07, 6.45) is -14.8. The van der Waals surface area contributed by atoms with Gasteiger partial charge in [-0.25, -0.2) is 18.7 Å². The Morgan fingerprint density at radius 3 is 2.93 bits per heavy atom. The Kier molecular flexibility index (Phi) is 2.75. The molecule has 1 saturated heterocycles. The van der Waals surface area contributed by atoms with Crippen molar-refractivity contribution in [3.8, 4) is 0 Å². The SMILES string of the molecule is [2H]C([2H])([2H])c1cnc(C([2H])([2H])CC([2H])([2H])C2(F)C([2H])([2H])CN(C(=O)c3ccc(F)c(Cl)c3)C([2H])([2H])C2([2H])[2H])nc1. The maximum atomic E-state index is 16.8. The molecule has 1 fully saturated rings. The Labute approximate surface area is 180 Å². The summed E-state index contributed by atoms with van der Waals surface area (Å²) in [6.45, 7) is -7.88. The summed E-state index contributed by atoms with van der Waals surface area (Å²) in [4.78, 5) is 20.2. The summed E-state index contributed by atoms with van der Waals surface area (Å²) in [5.74, 6) is -3.13. The van der Waals surface area contributed by atoms with Gasteiger partial charge in [0, 0.05) is 55.2 Å². The lowest BCUT2D eigenvalue weighted by molar-refractivity contribution is 0.0389. The maximum absolute atomic E-state index is 16.8. The van der Waals surface area contributed by atoms with Gasteiger partial charge in [0.2, 0.25) is 0 Å². The highest BCUT2D eigenvalue weighted by molar-refractivity contribution is 6.31. The number of halogens is 3. The maximum Gasteiger partial charge on any atom is 0.253 e. The third kappa shape index (κ3) is 5.01. The van der Waals surface area contributed by atoms with Gasteiger partial charge in [-0.2, -0.15) is 0 Å². The minimum Gasteiger partial charge on any atom is -0.338 e. The molecule has 144 valence electrons. The molecule has 2 aromatic rings. The first-order valence-corrected chi connectivity index (χ1v) is 8.00. The van der Waals surface area contributed by atoms with Crippen molar-refractivity contribution in [2.24, 2.45) is 0 Å². The average molecular weight is 407 g/mol. The van der Waals surface area contributed by atoms with Gasteiger partial charge in [-0.1, -0.05) is 11.6 Å². The molecule has 2 heterocycles. The smallest absolute Gasteiger partial charge is 0.253 e. The molecular weight excluding hydrogens is 372 g/mol. The number of rotatable bonds is 5. The van der Waals surface area contributed by atoms with Crippen molar-refractivity contribution in [2.45, 2.75) is 44.4 Å². The molecule has 4 nitrogen and oxygen atoms in total. The van der Waals surface area contributed by atoms with E-state index in [0.717, 1.165) is 30.6 Å². The Balaban J connectivity index is 2.05. The minimum absolute atomic E-state index is 0.00970. The Morgan fingerprint density at radius 2 is 2.22 bits per heavy atom. The molecule has 1 aromatic heterocycles. The number of hydrogen-bond acceptors (Lipinski definition) is 3. The van der Waals surface area contributed by atoms with Crippen LogP contribution in [0.15, 0.2) is 30.6 Å². The number of carbonyl (C=O) groups excluding carboxylic acids is 1. The van der Waals surface area contributed by atoms with Crippen LogP contribution in [0, 0.1) is 12.7 Å². The molecule has 3 rings (SSSR count). The highest BCUT2D eigenvalue weighted by atomic mass is 35.5. The summed E-state index contributed by atoms with van der Waals surface area (Å²) in [7, 11) is 0. The van der Waals surface area contributed by atoms with Crippen LogP contribution in [0.5, 0.6) is 0 Å². The number of alkyl halides is 1. The predicted octanol–water partition coefficient (Wildman–Crippen LogP) is 4.54. The van der Waals surface area contributed by atoms with Crippen molar-refractivity contribution in [3.63, 3.8) is 0 Å². The monoisotopic (exact) mass is 406 g/mol. The number of amides is 1. The van der Waals surface area contributed by atoms with Gasteiger partial charge < -0.3 is 4.90 Å². The van der Waals surface area contributed by atoms with Crippen molar-refractivity contribution in [2.75, 3.05) is 13.0 Å². The number of aromatic nitrogens is 2. The third-order valence-corrected chi connectivity index (χ3v) is 3.78. The molecule has 0 saturated carbocycles. The van der Waals surface area contributed by atoms with Crippen molar-refractivity contribution >= 4 is 17.5 Å². The van der Waals surface area contributed by atoms with E-state index in [4.69, 9.17) is 29.4 Å². The molecule has 1 atom stereocenters. The molecule has 0 aliphatic carbocycles. The van der Waals surface area contributed by atoms with E-state index in [0.29, 0.717) is 0 Å². The first-order chi connectivity index (χ1) is 17.8. The van der Waals surface area contributed by atoms with Crippen molar-refractivity contribution in [3.05, 3.63) is 58.4 Å². The van der Waals surface area contributed by atoms with E-state index >= 15 is 4.39 Å². The minimum atomic E-state index is -4.42. The van der Waals surface area contributed by atoms with Crippen LogP contribution in [0.1, 0.15) is 65.1 Å². The van der Waals surface area contributed by atoms with Crippen LogP contribution < -0.4 is 0 Å². The topological polar surface area (TPSA) is 46.1 Å². The summed E-state index contributed by atoms with van der Waals surface area (Å²) in [5, 5.41) is -0.554. The molecule has 1 aromatic carbocycles. The number of likely N-dealkylation sites (tertiary alicyclic amines) is 1. The van der Waals surface area contributed by atoms with Crippen LogP contribution in [0.2, 0.25) is 5.02 Å². The second-order valence-electron chi connectivity index (χ2n) is 5.42. The van der Waals surface area contributed by atoms with Gasteiger partial charge in [-0.3, -0.25) is 4.79 Å².